The van der Waals surface area contributed by atoms with Crippen molar-refractivity contribution in [1.82, 2.24) is 0 Å². The minimum Gasteiger partial charge on any atom is -0.463 e. The monoisotopic (exact) mass is 331 g/mol. The third kappa shape index (κ3) is 6.23. The lowest BCUT2D eigenvalue weighted by Crippen LogP contribution is -2.57. The van der Waals surface area contributed by atoms with E-state index >= 15 is 0 Å². The molecule has 0 saturated carbocycles. The maximum absolute atomic E-state index is 11.3. The number of esters is 4. The summed E-state index contributed by atoms with van der Waals surface area (Å²) in [5, 5.41) is 0. The first kappa shape index (κ1) is 18.9. The molecule has 1 fully saturated rings. The highest BCUT2D eigenvalue weighted by atomic mass is 16.7. The SMILES string of the molecule is CC(=O)OCC1O[CH]C(OC(C)=O)C(OC(C)=O)C1OC(C)=O. The molecule has 0 spiro atoms. The highest BCUT2D eigenvalue weighted by Gasteiger charge is 2.47. The first-order valence-corrected chi connectivity index (χ1v) is 6.84. The van der Waals surface area contributed by atoms with Crippen LogP contribution < -0.4 is 0 Å². The van der Waals surface area contributed by atoms with Crippen molar-refractivity contribution in [2.75, 3.05) is 6.61 Å². The fraction of sp³-hybridized carbons (Fsp3) is 0.643. The van der Waals surface area contributed by atoms with Crippen LogP contribution in [0.15, 0.2) is 0 Å². The lowest BCUT2D eigenvalue weighted by atomic mass is 9.99. The minimum atomic E-state index is -1.12. The number of carbonyl (C=O) groups excluding carboxylic acids is 4. The summed E-state index contributed by atoms with van der Waals surface area (Å²) in [4.78, 5) is 44.7. The van der Waals surface area contributed by atoms with Gasteiger partial charge in [0.2, 0.25) is 0 Å². The van der Waals surface area contributed by atoms with Crippen molar-refractivity contribution in [3.63, 3.8) is 0 Å². The van der Waals surface area contributed by atoms with Crippen LogP contribution in [-0.2, 0) is 42.9 Å². The van der Waals surface area contributed by atoms with E-state index in [4.69, 9.17) is 23.7 Å². The van der Waals surface area contributed by atoms with Crippen molar-refractivity contribution in [3.05, 3.63) is 6.61 Å². The Hall–Kier alpha value is -2.16. The minimum absolute atomic E-state index is 0.228. The van der Waals surface area contributed by atoms with Gasteiger partial charge in [0, 0.05) is 27.7 Å². The fourth-order valence-corrected chi connectivity index (χ4v) is 2.01. The summed E-state index contributed by atoms with van der Waals surface area (Å²) in [5.74, 6) is -2.51. The van der Waals surface area contributed by atoms with Gasteiger partial charge in [0.05, 0.1) is 0 Å². The van der Waals surface area contributed by atoms with Crippen molar-refractivity contribution in [3.8, 4) is 0 Å². The summed E-state index contributed by atoms with van der Waals surface area (Å²) < 4.78 is 25.4. The molecular formula is C14H19O9. The Bertz CT molecular complexity index is 473. The summed E-state index contributed by atoms with van der Waals surface area (Å²) in [5.41, 5.74) is 0. The van der Waals surface area contributed by atoms with Gasteiger partial charge in [-0.1, -0.05) is 0 Å². The van der Waals surface area contributed by atoms with E-state index in [1.54, 1.807) is 0 Å². The average Bonchev–Trinajstić information content (AvgIpc) is 2.39. The Morgan fingerprint density at radius 1 is 0.826 bits per heavy atom. The van der Waals surface area contributed by atoms with Crippen LogP contribution in [0.2, 0.25) is 0 Å². The predicted molar refractivity (Wildman–Crippen MR) is 72.5 cm³/mol. The lowest BCUT2D eigenvalue weighted by Gasteiger charge is -2.39. The zero-order chi connectivity index (χ0) is 17.6. The largest absolute Gasteiger partial charge is 0.463 e. The normalized spacial score (nSPS) is 26.8. The van der Waals surface area contributed by atoms with Gasteiger partial charge in [-0.15, -0.1) is 0 Å². The second kappa shape index (κ2) is 8.47. The molecule has 0 aromatic carbocycles. The molecule has 4 atom stereocenters. The maximum atomic E-state index is 11.3. The third-order valence-electron chi connectivity index (χ3n) is 2.76. The standard InChI is InChI=1S/C14H19O9/c1-7(15)19-5-11-13(22-9(3)17)14(23-10(4)18)12(6-20-11)21-8(2)16/h6,11-14H,5H2,1-4H3. The van der Waals surface area contributed by atoms with Crippen LogP contribution in [0.25, 0.3) is 0 Å². The fourth-order valence-electron chi connectivity index (χ4n) is 2.01. The molecule has 1 rings (SSSR count). The zero-order valence-electron chi connectivity index (χ0n) is 13.3. The van der Waals surface area contributed by atoms with E-state index < -0.39 is 48.3 Å². The molecule has 0 aromatic heterocycles. The van der Waals surface area contributed by atoms with Crippen LogP contribution in [-0.4, -0.2) is 54.9 Å². The molecule has 1 heterocycles. The molecule has 9 heteroatoms. The Labute approximate surface area is 133 Å². The molecule has 9 nitrogen and oxygen atoms in total. The predicted octanol–water partition coefficient (Wildman–Crippen LogP) is -0.0948. The van der Waals surface area contributed by atoms with Crippen molar-refractivity contribution in [2.24, 2.45) is 0 Å². The highest BCUT2D eigenvalue weighted by molar-refractivity contribution is 5.68. The van der Waals surface area contributed by atoms with Crippen molar-refractivity contribution >= 4 is 23.9 Å². The average molecular weight is 331 g/mol. The van der Waals surface area contributed by atoms with Crippen molar-refractivity contribution < 1.29 is 42.9 Å². The van der Waals surface area contributed by atoms with Crippen molar-refractivity contribution in [2.45, 2.75) is 52.1 Å². The number of hydrogen-bond acceptors (Lipinski definition) is 9. The second-order valence-corrected chi connectivity index (χ2v) is 4.84. The summed E-state index contributed by atoms with van der Waals surface area (Å²) in [6, 6.07) is 0. The van der Waals surface area contributed by atoms with Gasteiger partial charge in [-0.05, 0) is 0 Å². The first-order valence-electron chi connectivity index (χ1n) is 6.84. The molecule has 1 aliphatic heterocycles. The number of ether oxygens (including phenoxy) is 5. The van der Waals surface area contributed by atoms with Gasteiger partial charge in [0.1, 0.15) is 19.3 Å². The number of hydrogen-bond donors (Lipinski definition) is 0. The van der Waals surface area contributed by atoms with E-state index in [9.17, 15) is 19.2 Å². The van der Waals surface area contributed by atoms with E-state index in [-0.39, 0.29) is 6.61 Å². The molecule has 0 bridgehead atoms. The summed E-state index contributed by atoms with van der Waals surface area (Å²) in [7, 11) is 0. The molecule has 1 saturated heterocycles. The van der Waals surface area contributed by atoms with E-state index in [0.29, 0.717) is 0 Å². The van der Waals surface area contributed by atoms with Gasteiger partial charge in [-0.2, -0.15) is 0 Å². The molecule has 0 amide bonds. The summed E-state index contributed by atoms with van der Waals surface area (Å²) >= 11 is 0. The maximum Gasteiger partial charge on any atom is 0.303 e. The molecule has 23 heavy (non-hydrogen) atoms. The lowest BCUT2D eigenvalue weighted by molar-refractivity contribution is -0.217. The highest BCUT2D eigenvalue weighted by Crippen LogP contribution is 2.27. The molecular weight excluding hydrogens is 312 g/mol. The van der Waals surface area contributed by atoms with Crippen LogP contribution >= 0.6 is 0 Å². The third-order valence-corrected chi connectivity index (χ3v) is 2.76. The van der Waals surface area contributed by atoms with Gasteiger partial charge >= 0.3 is 23.9 Å². The molecule has 129 valence electrons. The molecule has 1 radical (unpaired) electrons. The van der Waals surface area contributed by atoms with E-state index in [2.05, 4.69) is 0 Å². The number of carbonyl (C=O) groups is 4. The Morgan fingerprint density at radius 2 is 1.35 bits per heavy atom. The zero-order valence-corrected chi connectivity index (χ0v) is 13.3. The van der Waals surface area contributed by atoms with Gasteiger partial charge < -0.3 is 23.7 Å². The Morgan fingerprint density at radius 3 is 1.83 bits per heavy atom. The Balaban J connectivity index is 2.98. The smallest absolute Gasteiger partial charge is 0.303 e. The van der Waals surface area contributed by atoms with Crippen molar-refractivity contribution in [1.29, 1.82) is 0 Å². The summed E-state index contributed by atoms with van der Waals surface area (Å²) in [6.45, 7) is 5.61. The topological polar surface area (TPSA) is 114 Å². The van der Waals surface area contributed by atoms with Crippen LogP contribution in [0.1, 0.15) is 27.7 Å². The quantitative estimate of drug-likeness (QED) is 0.503. The number of rotatable bonds is 5. The van der Waals surface area contributed by atoms with Gasteiger partial charge in [-0.25, -0.2) is 0 Å². The molecule has 0 aromatic rings. The summed E-state index contributed by atoms with van der Waals surface area (Å²) in [6.07, 6.45) is -4.19. The van der Waals surface area contributed by atoms with E-state index in [1.165, 1.54) is 13.8 Å². The molecule has 1 aliphatic rings. The molecule has 4 unspecified atom stereocenters. The van der Waals surface area contributed by atoms with Gasteiger partial charge in [0.15, 0.2) is 18.3 Å². The van der Waals surface area contributed by atoms with Crippen LogP contribution in [0.5, 0.6) is 0 Å². The van der Waals surface area contributed by atoms with Crippen LogP contribution in [0, 0.1) is 6.61 Å². The first-order chi connectivity index (χ1) is 10.7. The Kier molecular flexibility index (Phi) is 6.95. The molecule has 0 N–H and O–H groups in total. The molecule has 0 aliphatic carbocycles. The van der Waals surface area contributed by atoms with Crippen LogP contribution in [0.3, 0.4) is 0 Å². The van der Waals surface area contributed by atoms with Crippen LogP contribution in [0.4, 0.5) is 0 Å². The second-order valence-electron chi connectivity index (χ2n) is 4.84. The van der Waals surface area contributed by atoms with E-state index in [1.807, 2.05) is 0 Å². The van der Waals surface area contributed by atoms with E-state index in [0.717, 1.165) is 20.5 Å². The van der Waals surface area contributed by atoms with Gasteiger partial charge in [-0.3, -0.25) is 19.2 Å². The van der Waals surface area contributed by atoms with Gasteiger partial charge in [0.25, 0.3) is 0 Å².